The van der Waals surface area contributed by atoms with Gasteiger partial charge in [0.25, 0.3) is 0 Å². The van der Waals surface area contributed by atoms with Gasteiger partial charge in [-0.3, -0.25) is 4.79 Å². The van der Waals surface area contributed by atoms with Crippen LogP contribution < -0.4 is 20.1 Å². The maximum absolute atomic E-state index is 11.9. The minimum atomic E-state index is 0.159. The normalized spacial score (nSPS) is 17.7. The molecule has 0 radical (unpaired) electrons. The number of rotatable bonds is 6. The number of benzene rings is 1. The zero-order valence-corrected chi connectivity index (χ0v) is 13.6. The summed E-state index contributed by atoms with van der Waals surface area (Å²) >= 11 is 0. The van der Waals surface area contributed by atoms with Crippen molar-refractivity contribution in [3.8, 4) is 11.5 Å². The van der Waals surface area contributed by atoms with Gasteiger partial charge >= 0.3 is 0 Å². The van der Waals surface area contributed by atoms with E-state index in [9.17, 15) is 4.79 Å². The molecule has 5 nitrogen and oxygen atoms in total. The molecule has 1 amide bonds. The van der Waals surface area contributed by atoms with E-state index < -0.39 is 0 Å². The Balaban J connectivity index is 1.35. The fourth-order valence-electron chi connectivity index (χ4n) is 3.18. The van der Waals surface area contributed by atoms with Crippen LogP contribution in [-0.2, 0) is 11.3 Å². The second-order valence-electron chi connectivity index (χ2n) is 6.31. The van der Waals surface area contributed by atoms with Crippen LogP contribution in [0.5, 0.6) is 11.5 Å². The highest BCUT2D eigenvalue weighted by Crippen LogP contribution is 2.30. The Morgan fingerprint density at radius 3 is 2.70 bits per heavy atom. The van der Waals surface area contributed by atoms with E-state index in [1.54, 1.807) is 0 Å². The summed E-state index contributed by atoms with van der Waals surface area (Å²) in [5.74, 6) is 1.78. The Morgan fingerprint density at radius 2 is 1.87 bits per heavy atom. The van der Waals surface area contributed by atoms with E-state index in [-0.39, 0.29) is 5.91 Å². The minimum Gasteiger partial charge on any atom is -0.486 e. The topological polar surface area (TPSA) is 59.6 Å². The third-order valence-corrected chi connectivity index (χ3v) is 4.43. The van der Waals surface area contributed by atoms with Gasteiger partial charge in [0.1, 0.15) is 13.2 Å². The average molecular weight is 318 g/mol. The first-order valence-corrected chi connectivity index (χ1v) is 8.70. The molecule has 1 heterocycles. The number of hydrogen-bond donors (Lipinski definition) is 2. The van der Waals surface area contributed by atoms with Crippen LogP contribution >= 0.6 is 0 Å². The van der Waals surface area contributed by atoms with E-state index in [4.69, 9.17) is 9.47 Å². The summed E-state index contributed by atoms with van der Waals surface area (Å²) in [6, 6.07) is 6.38. The number of carbonyl (C=O) groups excluding carboxylic acids is 1. The monoisotopic (exact) mass is 318 g/mol. The number of nitrogens with one attached hydrogen (secondary N) is 2. The number of ether oxygens (including phenoxy) is 2. The maximum Gasteiger partial charge on any atom is 0.221 e. The van der Waals surface area contributed by atoms with Gasteiger partial charge < -0.3 is 20.1 Å². The first kappa shape index (κ1) is 16.1. The summed E-state index contributed by atoms with van der Waals surface area (Å²) < 4.78 is 11.1. The van der Waals surface area contributed by atoms with Crippen LogP contribution in [0, 0.1) is 0 Å². The van der Waals surface area contributed by atoms with Crippen LogP contribution in [0.1, 0.15) is 44.1 Å². The summed E-state index contributed by atoms with van der Waals surface area (Å²) in [4.78, 5) is 11.9. The van der Waals surface area contributed by atoms with Gasteiger partial charge in [0, 0.05) is 25.6 Å². The molecule has 3 rings (SSSR count). The van der Waals surface area contributed by atoms with Gasteiger partial charge in [0.2, 0.25) is 5.91 Å². The summed E-state index contributed by atoms with van der Waals surface area (Å²) in [6.45, 7) is 2.63. The van der Waals surface area contributed by atoms with Crippen molar-refractivity contribution in [1.29, 1.82) is 0 Å². The standard InChI is InChI=1S/C18H26N2O3/c21-18(20-15-4-2-1-3-5-15)8-9-19-13-14-6-7-16-17(12-14)23-11-10-22-16/h6-7,12,15,19H,1-5,8-11,13H2,(H,20,21). The van der Waals surface area contributed by atoms with Crippen molar-refractivity contribution in [2.45, 2.75) is 51.1 Å². The van der Waals surface area contributed by atoms with Crippen molar-refractivity contribution >= 4 is 5.91 Å². The molecule has 0 unspecified atom stereocenters. The van der Waals surface area contributed by atoms with Crippen LogP contribution in [0.2, 0.25) is 0 Å². The molecule has 126 valence electrons. The Hall–Kier alpha value is -1.75. The van der Waals surface area contributed by atoms with Crippen LogP contribution in [0.15, 0.2) is 18.2 Å². The molecule has 1 aliphatic heterocycles. The van der Waals surface area contributed by atoms with Gasteiger partial charge in [0.05, 0.1) is 0 Å². The zero-order chi connectivity index (χ0) is 15.9. The lowest BCUT2D eigenvalue weighted by Gasteiger charge is -2.22. The molecule has 23 heavy (non-hydrogen) atoms. The van der Waals surface area contributed by atoms with Crippen LogP contribution in [0.4, 0.5) is 0 Å². The lowest BCUT2D eigenvalue weighted by atomic mass is 9.95. The molecular weight excluding hydrogens is 292 g/mol. The molecule has 0 spiro atoms. The van der Waals surface area contributed by atoms with E-state index in [0.717, 1.165) is 36.4 Å². The quantitative estimate of drug-likeness (QED) is 0.791. The number of amides is 1. The van der Waals surface area contributed by atoms with E-state index in [2.05, 4.69) is 10.6 Å². The molecule has 1 fully saturated rings. The van der Waals surface area contributed by atoms with Crippen molar-refractivity contribution in [2.75, 3.05) is 19.8 Å². The van der Waals surface area contributed by atoms with Gasteiger partial charge in [-0.2, -0.15) is 0 Å². The lowest BCUT2D eigenvalue weighted by Crippen LogP contribution is -2.37. The predicted octanol–water partition coefficient (Wildman–Crippen LogP) is 2.39. The molecule has 2 N–H and O–H groups in total. The molecule has 0 atom stereocenters. The Kier molecular flexibility index (Phi) is 5.75. The van der Waals surface area contributed by atoms with Gasteiger partial charge in [-0.25, -0.2) is 0 Å². The van der Waals surface area contributed by atoms with E-state index in [1.165, 1.54) is 19.3 Å². The number of fused-ring (bicyclic) bond motifs is 1. The summed E-state index contributed by atoms with van der Waals surface area (Å²) in [5, 5.41) is 6.46. The Bertz CT molecular complexity index is 527. The highest BCUT2D eigenvalue weighted by Gasteiger charge is 2.15. The summed E-state index contributed by atoms with van der Waals surface area (Å²) in [7, 11) is 0. The van der Waals surface area contributed by atoms with Crippen LogP contribution in [0.3, 0.4) is 0 Å². The second-order valence-corrected chi connectivity index (χ2v) is 6.31. The van der Waals surface area contributed by atoms with Gasteiger partial charge in [-0.15, -0.1) is 0 Å². The van der Waals surface area contributed by atoms with Crippen molar-refractivity contribution < 1.29 is 14.3 Å². The fraction of sp³-hybridized carbons (Fsp3) is 0.611. The third kappa shape index (κ3) is 4.86. The van der Waals surface area contributed by atoms with Crippen LogP contribution in [-0.4, -0.2) is 31.7 Å². The van der Waals surface area contributed by atoms with Crippen molar-refractivity contribution in [3.05, 3.63) is 23.8 Å². The summed E-state index contributed by atoms with van der Waals surface area (Å²) in [5.41, 5.74) is 1.14. The van der Waals surface area contributed by atoms with Crippen molar-refractivity contribution in [2.24, 2.45) is 0 Å². The number of hydrogen-bond acceptors (Lipinski definition) is 4. The first-order chi connectivity index (χ1) is 11.3. The first-order valence-electron chi connectivity index (χ1n) is 8.70. The fourth-order valence-corrected chi connectivity index (χ4v) is 3.18. The average Bonchev–Trinajstić information content (AvgIpc) is 2.59. The predicted molar refractivity (Wildman–Crippen MR) is 88.8 cm³/mol. The Morgan fingerprint density at radius 1 is 1.09 bits per heavy atom. The molecule has 0 bridgehead atoms. The van der Waals surface area contributed by atoms with E-state index in [1.807, 2.05) is 18.2 Å². The third-order valence-electron chi connectivity index (χ3n) is 4.43. The Labute approximate surface area is 137 Å². The molecule has 1 aliphatic carbocycles. The summed E-state index contributed by atoms with van der Waals surface area (Å²) in [6.07, 6.45) is 6.60. The van der Waals surface area contributed by atoms with E-state index in [0.29, 0.717) is 32.2 Å². The molecule has 1 aromatic carbocycles. The molecule has 0 aromatic heterocycles. The van der Waals surface area contributed by atoms with Gasteiger partial charge in [-0.05, 0) is 30.5 Å². The highest BCUT2D eigenvalue weighted by molar-refractivity contribution is 5.76. The second kappa shape index (κ2) is 8.20. The molecule has 1 saturated carbocycles. The largest absolute Gasteiger partial charge is 0.486 e. The lowest BCUT2D eigenvalue weighted by molar-refractivity contribution is -0.121. The maximum atomic E-state index is 11.9. The van der Waals surface area contributed by atoms with Crippen molar-refractivity contribution in [3.63, 3.8) is 0 Å². The van der Waals surface area contributed by atoms with Crippen molar-refractivity contribution in [1.82, 2.24) is 10.6 Å². The van der Waals surface area contributed by atoms with Crippen LogP contribution in [0.25, 0.3) is 0 Å². The van der Waals surface area contributed by atoms with Gasteiger partial charge in [-0.1, -0.05) is 25.3 Å². The molecule has 0 saturated heterocycles. The number of carbonyl (C=O) groups is 1. The smallest absolute Gasteiger partial charge is 0.221 e. The minimum absolute atomic E-state index is 0.159. The van der Waals surface area contributed by atoms with E-state index >= 15 is 0 Å². The molecular formula is C18H26N2O3. The molecule has 2 aliphatic rings. The molecule has 1 aromatic rings. The van der Waals surface area contributed by atoms with Gasteiger partial charge in [0.15, 0.2) is 11.5 Å². The highest BCUT2D eigenvalue weighted by atomic mass is 16.6. The molecule has 5 heteroatoms. The SMILES string of the molecule is O=C(CCNCc1ccc2c(c1)OCCO2)NC1CCCCC1. The zero-order valence-electron chi connectivity index (χ0n) is 13.6.